The number of hydrogen-bond acceptors (Lipinski definition) is 4. The summed E-state index contributed by atoms with van der Waals surface area (Å²) in [7, 11) is 0. The third-order valence-electron chi connectivity index (χ3n) is 4.65. The van der Waals surface area contributed by atoms with Crippen LogP contribution >= 0.6 is 11.6 Å². The molecule has 2 aromatic carbocycles. The lowest BCUT2D eigenvalue weighted by atomic mass is 10.1. The minimum Gasteiger partial charge on any atom is -0.484 e. The highest BCUT2D eigenvalue weighted by Crippen LogP contribution is 2.26. The van der Waals surface area contributed by atoms with Gasteiger partial charge >= 0.3 is 0 Å². The number of aromatic nitrogens is 2. The normalized spacial score (nSPS) is 11.1. The van der Waals surface area contributed by atoms with Crippen molar-refractivity contribution in [3.63, 3.8) is 0 Å². The summed E-state index contributed by atoms with van der Waals surface area (Å²) in [5, 5.41) is 6.25. The maximum atomic E-state index is 13.9. The quantitative estimate of drug-likeness (QED) is 0.191. The lowest BCUT2D eigenvalue weighted by Crippen LogP contribution is -2.13. The van der Waals surface area contributed by atoms with E-state index in [1.807, 2.05) is 0 Å². The predicted octanol–water partition coefficient (Wildman–Crippen LogP) is 5.84. The molecule has 4 aromatic rings. The van der Waals surface area contributed by atoms with E-state index in [-0.39, 0.29) is 34.7 Å². The van der Waals surface area contributed by atoms with Gasteiger partial charge in [-0.3, -0.25) is 9.48 Å². The van der Waals surface area contributed by atoms with Crippen molar-refractivity contribution in [3.05, 3.63) is 99.6 Å². The Morgan fingerprint density at radius 1 is 0.971 bits per heavy atom. The first kappa shape index (κ1) is 24.2. The molecule has 0 aliphatic carbocycles. The maximum absolute atomic E-state index is 13.9. The molecule has 1 N–H and O–H groups in total. The van der Waals surface area contributed by atoms with Crippen LogP contribution in [0.4, 0.5) is 32.2 Å². The smallest absolute Gasteiger partial charge is 0.292 e. The predicted molar refractivity (Wildman–Crippen MR) is 110 cm³/mol. The Labute approximate surface area is 197 Å². The number of nitrogens with one attached hydrogen (secondary N) is 1. The molecule has 2 heterocycles. The van der Waals surface area contributed by atoms with Crippen LogP contribution in [0.25, 0.3) is 0 Å². The highest BCUT2D eigenvalue weighted by molar-refractivity contribution is 6.32. The molecule has 182 valence electrons. The number of carbonyl (C=O) groups excluding carboxylic acids is 1. The first-order chi connectivity index (χ1) is 16.6. The number of rotatable bonds is 7. The van der Waals surface area contributed by atoms with Crippen molar-refractivity contribution in [1.82, 2.24) is 9.78 Å². The number of hydrogen-bond donors (Lipinski definition) is 1. The molecule has 0 radical (unpaired) electrons. The van der Waals surface area contributed by atoms with E-state index in [9.17, 15) is 31.1 Å². The molecule has 0 unspecified atom stereocenters. The van der Waals surface area contributed by atoms with Gasteiger partial charge in [-0.05, 0) is 30.3 Å². The van der Waals surface area contributed by atoms with Crippen LogP contribution in [-0.2, 0) is 13.2 Å². The summed E-state index contributed by atoms with van der Waals surface area (Å²) < 4.78 is 92.4. The summed E-state index contributed by atoms with van der Waals surface area (Å²) >= 11 is 5.87. The largest absolute Gasteiger partial charge is 0.484 e. The fourth-order valence-corrected chi connectivity index (χ4v) is 3.19. The van der Waals surface area contributed by atoms with Crippen molar-refractivity contribution in [2.45, 2.75) is 13.2 Å². The number of amides is 1. The molecule has 0 bridgehead atoms. The number of halogens is 7. The van der Waals surface area contributed by atoms with Crippen LogP contribution < -0.4 is 10.1 Å². The molecular weight excluding hydrogens is 504 g/mol. The third kappa shape index (κ3) is 5.11. The van der Waals surface area contributed by atoms with Crippen LogP contribution in [0.1, 0.15) is 21.9 Å². The van der Waals surface area contributed by atoms with Crippen molar-refractivity contribution in [2.75, 3.05) is 5.32 Å². The second kappa shape index (κ2) is 9.74. The Bertz CT molecular complexity index is 1390. The van der Waals surface area contributed by atoms with Crippen LogP contribution in [0.3, 0.4) is 0 Å². The molecule has 0 saturated carbocycles. The molecule has 6 nitrogen and oxygen atoms in total. The number of furan rings is 1. The topological polar surface area (TPSA) is 69.3 Å². The van der Waals surface area contributed by atoms with E-state index in [0.717, 1.165) is 16.8 Å². The minimum atomic E-state index is -2.26. The lowest BCUT2D eigenvalue weighted by Gasteiger charge is -2.08. The molecule has 4 rings (SSSR count). The van der Waals surface area contributed by atoms with Crippen LogP contribution in [0, 0.1) is 34.9 Å². The molecule has 0 aliphatic rings. The summed E-state index contributed by atoms with van der Waals surface area (Å²) in [4.78, 5) is 12.4. The van der Waals surface area contributed by atoms with Gasteiger partial charge in [0.2, 0.25) is 5.82 Å². The van der Waals surface area contributed by atoms with E-state index in [1.54, 1.807) is 0 Å². The van der Waals surface area contributed by atoms with E-state index in [1.165, 1.54) is 30.5 Å². The average molecular weight is 516 g/mol. The Balaban J connectivity index is 1.40. The fraction of sp³-hybridized carbons (Fsp3) is 0.0909. The van der Waals surface area contributed by atoms with E-state index >= 15 is 0 Å². The third-order valence-corrected chi connectivity index (χ3v) is 4.95. The molecule has 0 spiro atoms. The Morgan fingerprint density at radius 3 is 2.34 bits per heavy atom. The maximum Gasteiger partial charge on any atom is 0.292 e. The first-order valence-electron chi connectivity index (χ1n) is 9.65. The van der Waals surface area contributed by atoms with Crippen molar-refractivity contribution in [2.24, 2.45) is 0 Å². The summed E-state index contributed by atoms with van der Waals surface area (Å²) in [5.41, 5.74) is -1.08. The molecular formula is C22H12ClF6N3O3. The fourth-order valence-electron chi connectivity index (χ4n) is 2.96. The highest BCUT2D eigenvalue weighted by atomic mass is 35.5. The van der Waals surface area contributed by atoms with Gasteiger partial charge in [0.1, 0.15) is 23.9 Å². The minimum absolute atomic E-state index is 0.0518. The second-order valence-electron chi connectivity index (χ2n) is 7.03. The molecule has 2 aromatic heterocycles. The van der Waals surface area contributed by atoms with Crippen molar-refractivity contribution in [3.8, 4) is 5.75 Å². The van der Waals surface area contributed by atoms with E-state index in [4.69, 9.17) is 20.8 Å². The molecule has 35 heavy (non-hydrogen) atoms. The zero-order valence-corrected chi connectivity index (χ0v) is 18.0. The van der Waals surface area contributed by atoms with Gasteiger partial charge in [0.25, 0.3) is 5.91 Å². The molecule has 0 fully saturated rings. The van der Waals surface area contributed by atoms with Crippen LogP contribution in [-0.4, -0.2) is 15.7 Å². The van der Waals surface area contributed by atoms with Gasteiger partial charge in [-0.15, -0.1) is 0 Å². The molecule has 0 aliphatic heterocycles. The Kier molecular flexibility index (Phi) is 6.74. The molecule has 1 amide bonds. The van der Waals surface area contributed by atoms with Crippen LogP contribution in [0.15, 0.2) is 47.0 Å². The van der Waals surface area contributed by atoms with E-state index in [2.05, 4.69) is 10.4 Å². The summed E-state index contributed by atoms with van der Waals surface area (Å²) in [5.74, 6) is -11.4. The van der Waals surface area contributed by atoms with Gasteiger partial charge in [0.15, 0.2) is 34.8 Å². The number of benzene rings is 2. The Morgan fingerprint density at radius 2 is 1.66 bits per heavy atom. The van der Waals surface area contributed by atoms with E-state index < -0.39 is 52.9 Å². The highest BCUT2D eigenvalue weighted by Gasteiger charge is 2.26. The SMILES string of the molecule is O=C(Nc1ccn(Cc2c(F)c(F)c(F)c(F)c2F)n1)c1ccc(COc2ccc(F)cc2Cl)o1. The zero-order valence-electron chi connectivity index (χ0n) is 17.2. The van der Waals surface area contributed by atoms with Gasteiger partial charge in [0, 0.05) is 12.3 Å². The van der Waals surface area contributed by atoms with E-state index in [0.29, 0.717) is 0 Å². The monoisotopic (exact) mass is 515 g/mol. The Hall–Kier alpha value is -3.93. The lowest BCUT2D eigenvalue weighted by molar-refractivity contribution is 0.0992. The zero-order chi connectivity index (χ0) is 25.3. The molecule has 13 heteroatoms. The molecule has 0 saturated heterocycles. The number of anilines is 1. The molecule has 0 atom stereocenters. The first-order valence-corrected chi connectivity index (χ1v) is 10.0. The van der Waals surface area contributed by atoms with Gasteiger partial charge in [0.05, 0.1) is 17.1 Å². The van der Waals surface area contributed by atoms with Crippen molar-refractivity contribution in [1.29, 1.82) is 0 Å². The van der Waals surface area contributed by atoms with Crippen molar-refractivity contribution >= 4 is 23.3 Å². The standard InChI is InChI=1S/C22H12ClF6N3O3/c23-13-7-10(24)1-3-14(13)34-9-11-2-4-15(35-11)22(33)30-16-5-6-32(31-16)8-12-17(25)19(27)21(29)20(28)18(12)26/h1-7H,8-9H2,(H,30,31,33). The van der Waals surface area contributed by atoms with Gasteiger partial charge < -0.3 is 14.5 Å². The number of carbonyl (C=O) groups is 1. The van der Waals surface area contributed by atoms with Crippen molar-refractivity contribution < 1.29 is 40.3 Å². The van der Waals surface area contributed by atoms with Crippen LogP contribution in [0.2, 0.25) is 5.02 Å². The van der Waals surface area contributed by atoms with Gasteiger partial charge in [-0.2, -0.15) is 5.10 Å². The van der Waals surface area contributed by atoms with Gasteiger partial charge in [-0.1, -0.05) is 11.6 Å². The summed E-state index contributed by atoms with van der Waals surface area (Å²) in [6.45, 7) is -0.898. The number of nitrogens with zero attached hydrogens (tertiary/aromatic N) is 2. The number of ether oxygens (including phenoxy) is 1. The summed E-state index contributed by atoms with van der Waals surface area (Å²) in [6.07, 6.45) is 1.17. The van der Waals surface area contributed by atoms with Gasteiger partial charge in [-0.25, -0.2) is 26.3 Å². The van der Waals surface area contributed by atoms with Crippen LogP contribution in [0.5, 0.6) is 5.75 Å². The summed E-state index contributed by atoms with van der Waals surface area (Å²) in [6, 6.07) is 7.60. The average Bonchev–Trinajstić information content (AvgIpc) is 3.48. The second-order valence-corrected chi connectivity index (χ2v) is 7.44.